The van der Waals surface area contributed by atoms with Gasteiger partial charge >= 0.3 is 0 Å². The summed E-state index contributed by atoms with van der Waals surface area (Å²) < 4.78 is 0. The van der Waals surface area contributed by atoms with Gasteiger partial charge in [-0.1, -0.05) is 19.8 Å². The monoisotopic (exact) mass is 164 g/mol. The molecule has 0 atom stereocenters. The van der Waals surface area contributed by atoms with Crippen molar-refractivity contribution in [3.63, 3.8) is 0 Å². The highest BCUT2D eigenvalue weighted by molar-refractivity contribution is 7.73. The number of hydrogen-bond donors (Lipinski definition) is 0. The fourth-order valence-corrected chi connectivity index (χ4v) is 2.01. The Morgan fingerprint density at radius 3 is 1.80 bits per heavy atom. The normalized spacial score (nSPS) is 10.8. The lowest BCUT2D eigenvalue weighted by Gasteiger charge is -2.10. The summed E-state index contributed by atoms with van der Waals surface area (Å²) in [6.07, 6.45) is 5.73. The van der Waals surface area contributed by atoms with Gasteiger partial charge in [-0.3, -0.25) is 0 Å². The Labute approximate surface area is 65.9 Å². The quantitative estimate of drug-likeness (QED) is 0.464. The lowest BCUT2D eigenvalue weighted by Crippen LogP contribution is -1.91. The van der Waals surface area contributed by atoms with Crippen LogP contribution in [0, 0.1) is 0 Å². The second-order valence-corrected chi connectivity index (χ2v) is 8.75. The third kappa shape index (κ3) is 11.2. The van der Waals surface area contributed by atoms with Gasteiger partial charge in [-0.15, -0.1) is 0 Å². The average molecular weight is 164 g/mol. The van der Waals surface area contributed by atoms with Crippen LogP contribution in [0.1, 0.15) is 26.2 Å². The van der Waals surface area contributed by atoms with E-state index in [0.29, 0.717) is 0 Å². The van der Waals surface area contributed by atoms with Gasteiger partial charge in [-0.05, 0) is 6.42 Å². The van der Waals surface area contributed by atoms with E-state index >= 15 is 0 Å². The molecule has 0 saturated carbocycles. The summed E-state index contributed by atoms with van der Waals surface area (Å²) >= 11 is 0. The highest BCUT2D eigenvalue weighted by Gasteiger charge is 2.14. The van der Waals surface area contributed by atoms with Crippen LogP contribution in [0.3, 0.4) is 0 Å². The minimum absolute atomic E-state index is 0. The maximum Gasteiger partial charge on any atom is 0.0586 e. The summed E-state index contributed by atoms with van der Waals surface area (Å²) in [6, 6.07) is 0. The van der Waals surface area contributed by atoms with Gasteiger partial charge in [-0.25, -0.2) is 0 Å². The van der Waals surface area contributed by atoms with Crippen molar-refractivity contribution in [1.82, 2.24) is 0 Å². The SMILES string of the molecule is CCCCC[P+](C)(C)C.[OH-]. The van der Waals surface area contributed by atoms with E-state index < -0.39 is 7.26 Å². The molecule has 10 heavy (non-hydrogen) atoms. The lowest BCUT2D eigenvalue weighted by atomic mass is 10.3. The van der Waals surface area contributed by atoms with E-state index in [9.17, 15) is 0 Å². The molecule has 0 aromatic carbocycles. The molecule has 0 aromatic rings. The summed E-state index contributed by atoms with van der Waals surface area (Å²) in [4.78, 5) is 0. The van der Waals surface area contributed by atoms with Crippen molar-refractivity contribution in [1.29, 1.82) is 0 Å². The van der Waals surface area contributed by atoms with Crippen LogP contribution in [0.15, 0.2) is 0 Å². The molecule has 1 nitrogen and oxygen atoms in total. The molecule has 0 saturated heterocycles. The maximum atomic E-state index is 2.42. The summed E-state index contributed by atoms with van der Waals surface area (Å²) in [7, 11) is -0.445. The molecule has 0 spiro atoms. The van der Waals surface area contributed by atoms with E-state index in [4.69, 9.17) is 0 Å². The van der Waals surface area contributed by atoms with Crippen LogP contribution in [0.2, 0.25) is 0 Å². The zero-order valence-electron chi connectivity index (χ0n) is 7.72. The zero-order valence-corrected chi connectivity index (χ0v) is 8.62. The lowest BCUT2D eigenvalue weighted by molar-refractivity contribution is 0.775. The summed E-state index contributed by atoms with van der Waals surface area (Å²) in [5, 5.41) is 0. The first-order valence-corrected chi connectivity index (χ1v) is 7.18. The molecule has 0 amide bonds. The average Bonchev–Trinajstić information content (AvgIpc) is 1.63. The van der Waals surface area contributed by atoms with E-state index in [1.54, 1.807) is 0 Å². The topological polar surface area (TPSA) is 30.0 Å². The van der Waals surface area contributed by atoms with Crippen LogP contribution in [-0.2, 0) is 0 Å². The highest BCUT2D eigenvalue weighted by atomic mass is 31.2. The van der Waals surface area contributed by atoms with Crippen molar-refractivity contribution in [3.05, 3.63) is 0 Å². The van der Waals surface area contributed by atoms with E-state index in [2.05, 4.69) is 26.9 Å². The summed E-state index contributed by atoms with van der Waals surface area (Å²) in [5.41, 5.74) is 0. The second kappa shape index (κ2) is 6.12. The van der Waals surface area contributed by atoms with Gasteiger partial charge in [0, 0.05) is 27.3 Å². The van der Waals surface area contributed by atoms with E-state index in [1.807, 2.05) is 0 Å². The molecule has 0 aliphatic heterocycles. The predicted molar refractivity (Wildman–Crippen MR) is 51.0 cm³/mol. The van der Waals surface area contributed by atoms with Gasteiger partial charge in [0.25, 0.3) is 0 Å². The van der Waals surface area contributed by atoms with Crippen molar-refractivity contribution in [2.45, 2.75) is 26.2 Å². The number of unbranched alkanes of at least 4 members (excludes halogenated alkanes) is 2. The largest absolute Gasteiger partial charge is 0.870 e. The first-order chi connectivity index (χ1) is 4.06. The van der Waals surface area contributed by atoms with Gasteiger partial charge in [-0.2, -0.15) is 0 Å². The Balaban J connectivity index is 0. The van der Waals surface area contributed by atoms with Crippen LogP contribution >= 0.6 is 7.26 Å². The fourth-order valence-electron chi connectivity index (χ4n) is 0.836. The molecule has 0 radical (unpaired) electrons. The highest BCUT2D eigenvalue weighted by Crippen LogP contribution is 2.47. The van der Waals surface area contributed by atoms with Crippen molar-refractivity contribution in [3.8, 4) is 0 Å². The molecule has 0 aliphatic rings. The van der Waals surface area contributed by atoms with Crippen molar-refractivity contribution >= 4 is 7.26 Å². The molecule has 0 aliphatic carbocycles. The summed E-state index contributed by atoms with van der Waals surface area (Å²) in [6.45, 7) is 9.52. The molecule has 0 bridgehead atoms. The van der Waals surface area contributed by atoms with Gasteiger partial charge < -0.3 is 5.48 Å². The molecule has 1 N–H and O–H groups in total. The molecule has 0 rings (SSSR count). The van der Waals surface area contributed by atoms with Gasteiger partial charge in [0.2, 0.25) is 0 Å². The molecule has 0 heterocycles. The summed E-state index contributed by atoms with van der Waals surface area (Å²) in [5.74, 6) is 0. The molecule has 64 valence electrons. The third-order valence-corrected chi connectivity index (χ3v) is 3.09. The van der Waals surface area contributed by atoms with Crippen molar-refractivity contribution in [2.24, 2.45) is 0 Å². The minimum Gasteiger partial charge on any atom is -0.870 e. The number of rotatable bonds is 4. The standard InChI is InChI=1S/C8H20P.H2O/c1-5-6-7-8-9(2,3)4;/h5-8H2,1-4H3;1H2/q+1;/p-1. The van der Waals surface area contributed by atoms with Crippen LogP contribution < -0.4 is 0 Å². The van der Waals surface area contributed by atoms with Crippen molar-refractivity contribution < 1.29 is 5.48 Å². The Bertz CT molecular complexity index is 66.1. The van der Waals surface area contributed by atoms with E-state index in [0.717, 1.165) is 0 Å². The van der Waals surface area contributed by atoms with E-state index in [-0.39, 0.29) is 5.48 Å². The second-order valence-electron chi connectivity index (χ2n) is 3.72. The first-order valence-electron chi connectivity index (χ1n) is 3.86. The maximum absolute atomic E-state index is 2.42. The zero-order chi connectivity index (χ0) is 7.33. The molecule has 2 heteroatoms. The van der Waals surface area contributed by atoms with Crippen LogP contribution in [0.25, 0.3) is 0 Å². The Morgan fingerprint density at radius 2 is 1.50 bits per heavy atom. The molecule has 0 fully saturated rings. The van der Waals surface area contributed by atoms with Gasteiger partial charge in [0.05, 0.1) is 6.16 Å². The van der Waals surface area contributed by atoms with Crippen molar-refractivity contribution in [2.75, 3.05) is 26.2 Å². The Morgan fingerprint density at radius 1 is 1.00 bits per heavy atom. The van der Waals surface area contributed by atoms with Crippen LogP contribution in [-0.4, -0.2) is 31.6 Å². The fraction of sp³-hybridized carbons (Fsp3) is 1.00. The molecular weight excluding hydrogens is 143 g/mol. The first kappa shape index (κ1) is 13.0. The Hall–Kier alpha value is 0.390. The number of hydrogen-bond acceptors (Lipinski definition) is 1. The van der Waals surface area contributed by atoms with E-state index in [1.165, 1.54) is 25.4 Å². The predicted octanol–water partition coefficient (Wildman–Crippen LogP) is 2.91. The van der Waals surface area contributed by atoms with Gasteiger partial charge in [0.15, 0.2) is 0 Å². The van der Waals surface area contributed by atoms with Crippen LogP contribution in [0.5, 0.6) is 0 Å². The van der Waals surface area contributed by atoms with Gasteiger partial charge in [0.1, 0.15) is 0 Å². The molecule has 0 aromatic heterocycles. The van der Waals surface area contributed by atoms with Crippen LogP contribution in [0.4, 0.5) is 0 Å². The Kier molecular flexibility index (Phi) is 7.97. The third-order valence-electron chi connectivity index (χ3n) is 1.43. The minimum atomic E-state index is -0.445. The molecular formula is C8H21OP. The molecule has 0 unspecified atom stereocenters. The smallest absolute Gasteiger partial charge is 0.0586 e.